The van der Waals surface area contributed by atoms with Crippen LogP contribution in [0.1, 0.15) is 11.1 Å². The quantitative estimate of drug-likeness (QED) is 0.707. The second kappa shape index (κ2) is 7.02. The summed E-state index contributed by atoms with van der Waals surface area (Å²) in [6.07, 6.45) is 0. The molecule has 0 amide bonds. The predicted molar refractivity (Wildman–Crippen MR) is 113 cm³/mol. The van der Waals surface area contributed by atoms with Crippen molar-refractivity contribution in [3.05, 3.63) is 64.1 Å². The summed E-state index contributed by atoms with van der Waals surface area (Å²) in [4.78, 5) is 6.90. The lowest BCUT2D eigenvalue weighted by Gasteiger charge is -2.26. The van der Waals surface area contributed by atoms with Crippen LogP contribution in [0, 0.1) is 6.92 Å². The van der Waals surface area contributed by atoms with Gasteiger partial charge in [-0.25, -0.2) is 8.42 Å². The number of halogens is 1. The van der Waals surface area contributed by atoms with Gasteiger partial charge in [-0.1, -0.05) is 57.5 Å². The SMILES string of the molecule is Cc1ccc(N2C(SCc3ccc(Br)cc3)=N[C@@H]3CS(=O)(=O)C[C@@H]32)cc1. The number of anilines is 1. The van der Waals surface area contributed by atoms with Gasteiger partial charge in [0.25, 0.3) is 0 Å². The van der Waals surface area contributed by atoms with Crippen LogP contribution in [0.4, 0.5) is 5.69 Å². The van der Waals surface area contributed by atoms with Crippen LogP contribution in [0.5, 0.6) is 0 Å². The molecule has 4 rings (SSSR count). The molecule has 26 heavy (non-hydrogen) atoms. The van der Waals surface area contributed by atoms with Gasteiger partial charge in [-0.15, -0.1) is 0 Å². The van der Waals surface area contributed by atoms with E-state index < -0.39 is 9.84 Å². The van der Waals surface area contributed by atoms with Gasteiger partial charge in [0.05, 0.1) is 23.6 Å². The smallest absolute Gasteiger partial charge is 0.164 e. The molecule has 136 valence electrons. The number of benzene rings is 2. The van der Waals surface area contributed by atoms with Crippen molar-refractivity contribution >= 4 is 48.4 Å². The van der Waals surface area contributed by atoms with Gasteiger partial charge in [0.2, 0.25) is 0 Å². The molecule has 0 spiro atoms. The summed E-state index contributed by atoms with van der Waals surface area (Å²) >= 11 is 5.13. The first kappa shape index (κ1) is 18.1. The standard InChI is InChI=1S/C19H19BrN2O2S2/c1-13-2-8-16(9-3-13)22-18-12-26(23,24)11-17(18)21-19(22)25-10-14-4-6-15(20)7-5-14/h2-9,17-18H,10-12H2,1H3/t17-,18+/m1/s1. The Kier molecular flexibility index (Phi) is 4.88. The molecule has 0 radical (unpaired) electrons. The Hall–Kier alpha value is -1.31. The van der Waals surface area contributed by atoms with Gasteiger partial charge in [0.1, 0.15) is 0 Å². The molecule has 0 aliphatic carbocycles. The van der Waals surface area contributed by atoms with E-state index >= 15 is 0 Å². The topological polar surface area (TPSA) is 49.7 Å². The predicted octanol–water partition coefficient (Wildman–Crippen LogP) is 4.03. The first-order valence-electron chi connectivity index (χ1n) is 8.43. The molecule has 2 aliphatic rings. The van der Waals surface area contributed by atoms with Crippen LogP contribution >= 0.6 is 27.7 Å². The molecule has 0 bridgehead atoms. The van der Waals surface area contributed by atoms with E-state index in [9.17, 15) is 8.42 Å². The van der Waals surface area contributed by atoms with Crippen LogP contribution in [0.2, 0.25) is 0 Å². The summed E-state index contributed by atoms with van der Waals surface area (Å²) in [7, 11) is -3.01. The second-order valence-corrected chi connectivity index (χ2v) is 10.8. The number of fused-ring (bicyclic) bond motifs is 1. The third-order valence-electron chi connectivity index (χ3n) is 4.70. The van der Waals surface area contributed by atoms with Gasteiger partial charge in [0, 0.05) is 15.9 Å². The lowest BCUT2D eigenvalue weighted by molar-refractivity contribution is 0.601. The van der Waals surface area contributed by atoms with Crippen molar-refractivity contribution in [2.45, 2.75) is 24.8 Å². The minimum atomic E-state index is -3.01. The number of hydrogen-bond donors (Lipinski definition) is 0. The molecular formula is C19H19BrN2O2S2. The molecule has 2 aliphatic heterocycles. The number of aliphatic imine (C=N–C) groups is 1. The van der Waals surface area contributed by atoms with Crippen molar-refractivity contribution in [3.8, 4) is 0 Å². The molecule has 0 aromatic heterocycles. The van der Waals surface area contributed by atoms with Gasteiger partial charge in [0.15, 0.2) is 15.0 Å². The first-order valence-corrected chi connectivity index (χ1v) is 12.0. The Morgan fingerprint density at radius 3 is 2.50 bits per heavy atom. The molecule has 0 unspecified atom stereocenters. The normalized spacial score (nSPS) is 23.8. The Labute approximate surface area is 166 Å². The van der Waals surface area contributed by atoms with Crippen LogP contribution < -0.4 is 4.90 Å². The highest BCUT2D eigenvalue weighted by Crippen LogP contribution is 2.36. The maximum atomic E-state index is 12.1. The Bertz CT molecular complexity index is 941. The lowest BCUT2D eigenvalue weighted by Crippen LogP contribution is -2.39. The molecule has 1 fully saturated rings. The van der Waals surface area contributed by atoms with Crippen molar-refractivity contribution in [1.82, 2.24) is 0 Å². The largest absolute Gasteiger partial charge is 0.315 e. The highest BCUT2D eigenvalue weighted by atomic mass is 79.9. The molecule has 2 heterocycles. The minimum Gasteiger partial charge on any atom is -0.315 e. The fourth-order valence-corrected chi connectivity index (χ4v) is 6.56. The number of nitrogens with zero attached hydrogens (tertiary/aromatic N) is 2. The van der Waals surface area contributed by atoms with E-state index in [1.807, 2.05) is 19.1 Å². The van der Waals surface area contributed by atoms with E-state index in [1.54, 1.807) is 11.8 Å². The Balaban J connectivity index is 1.60. The second-order valence-electron chi connectivity index (χ2n) is 6.74. The summed E-state index contributed by atoms with van der Waals surface area (Å²) in [5.74, 6) is 1.14. The summed E-state index contributed by atoms with van der Waals surface area (Å²) in [6, 6.07) is 16.2. The van der Waals surface area contributed by atoms with Gasteiger partial charge in [-0.3, -0.25) is 4.99 Å². The van der Waals surface area contributed by atoms with Gasteiger partial charge < -0.3 is 4.90 Å². The van der Waals surface area contributed by atoms with Crippen molar-refractivity contribution in [2.75, 3.05) is 16.4 Å². The number of hydrogen-bond acceptors (Lipinski definition) is 5. The molecule has 4 nitrogen and oxygen atoms in total. The third-order valence-corrected chi connectivity index (χ3v) is 7.97. The molecule has 2 aromatic carbocycles. The van der Waals surface area contributed by atoms with Crippen LogP contribution in [0.3, 0.4) is 0 Å². The number of amidine groups is 1. The van der Waals surface area contributed by atoms with Gasteiger partial charge >= 0.3 is 0 Å². The average molecular weight is 451 g/mol. The van der Waals surface area contributed by atoms with E-state index in [0.717, 1.165) is 21.1 Å². The zero-order chi connectivity index (χ0) is 18.3. The van der Waals surface area contributed by atoms with Crippen LogP contribution in [0.15, 0.2) is 58.0 Å². The minimum absolute atomic E-state index is 0.0878. The summed E-state index contributed by atoms with van der Waals surface area (Å²) < 4.78 is 25.2. The van der Waals surface area contributed by atoms with Crippen molar-refractivity contribution in [3.63, 3.8) is 0 Å². The Morgan fingerprint density at radius 2 is 1.81 bits per heavy atom. The summed E-state index contributed by atoms with van der Waals surface area (Å²) in [5.41, 5.74) is 3.42. The van der Waals surface area contributed by atoms with E-state index in [4.69, 9.17) is 4.99 Å². The number of aryl methyl sites for hydroxylation is 1. The van der Waals surface area contributed by atoms with Crippen LogP contribution in [-0.2, 0) is 15.6 Å². The number of sulfone groups is 1. The first-order chi connectivity index (χ1) is 12.4. The number of thioether (sulfide) groups is 1. The molecular weight excluding hydrogens is 432 g/mol. The van der Waals surface area contributed by atoms with Crippen LogP contribution in [0.25, 0.3) is 0 Å². The number of rotatable bonds is 3. The molecule has 0 saturated carbocycles. The lowest BCUT2D eigenvalue weighted by atomic mass is 10.1. The Morgan fingerprint density at radius 1 is 1.12 bits per heavy atom. The van der Waals surface area contributed by atoms with E-state index in [2.05, 4.69) is 57.2 Å². The zero-order valence-electron chi connectivity index (χ0n) is 14.3. The average Bonchev–Trinajstić information content (AvgIpc) is 3.06. The maximum Gasteiger partial charge on any atom is 0.164 e. The molecule has 2 atom stereocenters. The van der Waals surface area contributed by atoms with Gasteiger partial charge in [-0.05, 0) is 36.8 Å². The van der Waals surface area contributed by atoms with E-state index in [0.29, 0.717) is 0 Å². The monoisotopic (exact) mass is 450 g/mol. The van der Waals surface area contributed by atoms with Crippen molar-refractivity contribution in [1.29, 1.82) is 0 Å². The highest BCUT2D eigenvalue weighted by molar-refractivity contribution is 9.10. The van der Waals surface area contributed by atoms with Gasteiger partial charge in [-0.2, -0.15) is 0 Å². The fourth-order valence-electron chi connectivity index (χ4n) is 3.37. The molecule has 1 saturated heterocycles. The van der Waals surface area contributed by atoms with E-state index in [-0.39, 0.29) is 23.6 Å². The molecule has 0 N–H and O–H groups in total. The maximum absolute atomic E-state index is 12.1. The fraction of sp³-hybridized carbons (Fsp3) is 0.316. The third kappa shape index (κ3) is 3.70. The van der Waals surface area contributed by atoms with Crippen LogP contribution in [-0.4, -0.2) is 37.2 Å². The summed E-state index contributed by atoms with van der Waals surface area (Å²) in [6.45, 7) is 2.05. The van der Waals surface area contributed by atoms with E-state index in [1.165, 1.54) is 11.1 Å². The summed E-state index contributed by atoms with van der Waals surface area (Å²) in [5, 5.41) is 0.918. The zero-order valence-corrected chi connectivity index (χ0v) is 17.5. The molecule has 2 aromatic rings. The highest BCUT2D eigenvalue weighted by Gasteiger charge is 2.47. The van der Waals surface area contributed by atoms with Crippen molar-refractivity contribution < 1.29 is 8.42 Å². The van der Waals surface area contributed by atoms with Crippen molar-refractivity contribution in [2.24, 2.45) is 4.99 Å². The molecule has 7 heteroatoms.